The van der Waals surface area contributed by atoms with Gasteiger partial charge < -0.3 is 14.9 Å². The zero-order valence-electron chi connectivity index (χ0n) is 15.8. The Morgan fingerprint density at radius 2 is 1.63 bits per heavy atom. The minimum atomic E-state index is -4.00. The van der Waals surface area contributed by atoms with Gasteiger partial charge in [0.05, 0.1) is 25.8 Å². The van der Waals surface area contributed by atoms with E-state index in [1.807, 2.05) is 0 Å². The number of carbonyl (C=O) groups is 2. The molecule has 9 nitrogen and oxygen atoms in total. The first-order valence-corrected chi connectivity index (χ1v) is 11.8. The number of hydrogen-bond acceptors (Lipinski definition) is 11. The maximum Gasteiger partial charge on any atom is 0.474 e. The average Bonchev–Trinajstić information content (AvgIpc) is 2.76. The van der Waals surface area contributed by atoms with Gasteiger partial charge >= 0.3 is 7.82 Å². The first kappa shape index (κ1) is 25.1. The first-order valence-electron chi connectivity index (χ1n) is 8.34. The van der Waals surface area contributed by atoms with Crippen molar-refractivity contribution in [1.82, 2.24) is 0 Å². The molecule has 1 aliphatic heterocycles. The highest BCUT2D eigenvalue weighted by Crippen LogP contribution is 2.50. The molecule has 1 rings (SSSR count). The minimum Gasteiger partial charge on any atom is -0.387 e. The van der Waals surface area contributed by atoms with Gasteiger partial charge in [-0.05, 0) is 6.92 Å². The standard InChI is InChI=1S/C14H26BO9PS2/c1-9(16)26-6-4-21-25(20,22-5-7-27-10(2)17)23-8-11-12(18)14(3,19)13(15)24-11/h11-13,18-19H,4-8,15H2,1-3H3/t11-,12-,13-,14-/m1/s1. The van der Waals surface area contributed by atoms with E-state index in [9.17, 15) is 24.4 Å². The summed E-state index contributed by atoms with van der Waals surface area (Å²) in [4.78, 5) is 21.9. The second-order valence-corrected chi connectivity index (χ2v) is 10.3. The zero-order chi connectivity index (χ0) is 20.7. The maximum atomic E-state index is 12.8. The van der Waals surface area contributed by atoms with E-state index in [0.717, 1.165) is 23.5 Å². The van der Waals surface area contributed by atoms with Crippen molar-refractivity contribution < 1.29 is 42.7 Å². The van der Waals surface area contributed by atoms with Crippen molar-refractivity contribution >= 4 is 49.4 Å². The summed E-state index contributed by atoms with van der Waals surface area (Å²) < 4.78 is 33.9. The van der Waals surface area contributed by atoms with Gasteiger partial charge in [0, 0.05) is 25.4 Å². The van der Waals surface area contributed by atoms with Gasteiger partial charge in [0.1, 0.15) is 25.7 Å². The predicted molar refractivity (Wildman–Crippen MR) is 106 cm³/mol. The third kappa shape index (κ3) is 8.55. The lowest BCUT2D eigenvalue weighted by atomic mass is 9.82. The molecule has 4 atom stereocenters. The molecule has 0 aromatic rings. The predicted octanol–water partition coefficient (Wildman–Crippen LogP) is 0.174. The SMILES string of the molecule is B[C@@H]1O[C@H](COP(=O)(OCCSC(C)=O)OCCSC(C)=O)[C@@H](O)[C@@]1(C)O. The molecule has 0 radical (unpaired) electrons. The lowest BCUT2D eigenvalue weighted by Gasteiger charge is -2.25. The molecule has 156 valence electrons. The van der Waals surface area contributed by atoms with E-state index in [2.05, 4.69) is 0 Å². The number of thioether (sulfide) groups is 2. The van der Waals surface area contributed by atoms with Crippen LogP contribution in [0.5, 0.6) is 0 Å². The molecule has 0 bridgehead atoms. The van der Waals surface area contributed by atoms with E-state index in [-0.39, 0.29) is 41.6 Å². The van der Waals surface area contributed by atoms with Crippen LogP contribution in [0, 0.1) is 0 Å². The van der Waals surface area contributed by atoms with Crippen molar-refractivity contribution in [2.24, 2.45) is 0 Å². The third-order valence-electron chi connectivity index (χ3n) is 3.83. The molecule has 1 aliphatic rings. The molecule has 1 heterocycles. The van der Waals surface area contributed by atoms with Crippen molar-refractivity contribution in [3.8, 4) is 0 Å². The van der Waals surface area contributed by atoms with Crippen LogP contribution in [0.2, 0.25) is 0 Å². The smallest absolute Gasteiger partial charge is 0.387 e. The van der Waals surface area contributed by atoms with Gasteiger partial charge in [-0.25, -0.2) is 4.57 Å². The monoisotopic (exact) mass is 444 g/mol. The zero-order valence-corrected chi connectivity index (χ0v) is 18.3. The molecule has 1 saturated heterocycles. The minimum absolute atomic E-state index is 0.0520. The molecule has 27 heavy (non-hydrogen) atoms. The number of ether oxygens (including phenoxy) is 1. The van der Waals surface area contributed by atoms with Gasteiger partial charge in [-0.3, -0.25) is 23.2 Å². The van der Waals surface area contributed by atoms with Gasteiger partial charge in [0.2, 0.25) is 0 Å². The number of carbonyl (C=O) groups excluding carboxylic acids is 2. The summed E-state index contributed by atoms with van der Waals surface area (Å²) in [5, 5.41) is 20.1. The van der Waals surface area contributed by atoms with Crippen molar-refractivity contribution in [3.05, 3.63) is 0 Å². The summed E-state index contributed by atoms with van der Waals surface area (Å²) in [7, 11) is -2.40. The van der Waals surface area contributed by atoms with Gasteiger partial charge in [-0.15, -0.1) is 0 Å². The molecule has 0 amide bonds. The molecule has 2 N–H and O–H groups in total. The van der Waals surface area contributed by atoms with Crippen LogP contribution in [0.1, 0.15) is 20.8 Å². The van der Waals surface area contributed by atoms with E-state index in [4.69, 9.17) is 18.3 Å². The number of phosphoric ester groups is 1. The number of aliphatic hydroxyl groups is 2. The van der Waals surface area contributed by atoms with Crippen molar-refractivity contribution in [1.29, 1.82) is 0 Å². The number of phosphoric acid groups is 1. The number of hydrogen-bond donors (Lipinski definition) is 2. The Labute approximate surface area is 168 Å². The summed E-state index contributed by atoms with van der Waals surface area (Å²) in [6.45, 7) is 3.82. The normalized spacial score (nSPS) is 28.4. The third-order valence-corrected chi connectivity index (χ3v) is 6.84. The van der Waals surface area contributed by atoms with E-state index < -0.39 is 31.6 Å². The van der Waals surface area contributed by atoms with Crippen molar-refractivity contribution in [2.75, 3.05) is 31.3 Å². The Morgan fingerprint density at radius 3 is 2.00 bits per heavy atom. The summed E-state index contributed by atoms with van der Waals surface area (Å²) in [5.74, 6) is 0.533. The van der Waals surface area contributed by atoms with Crippen molar-refractivity contribution in [2.45, 2.75) is 44.6 Å². The van der Waals surface area contributed by atoms with E-state index >= 15 is 0 Å². The molecular weight excluding hydrogens is 418 g/mol. The molecular formula is C14H26BO9PS2. The Bertz CT molecular complexity index is 537. The fraction of sp³-hybridized carbons (Fsp3) is 0.857. The summed E-state index contributed by atoms with van der Waals surface area (Å²) in [6.07, 6.45) is -2.14. The lowest BCUT2D eigenvalue weighted by molar-refractivity contribution is -0.109. The molecule has 0 aromatic carbocycles. The Balaban J connectivity index is 2.60. The second-order valence-electron chi connectivity index (χ2n) is 6.08. The van der Waals surface area contributed by atoms with Crippen LogP contribution < -0.4 is 0 Å². The van der Waals surface area contributed by atoms with Gasteiger partial charge in [-0.2, -0.15) is 0 Å². The maximum absolute atomic E-state index is 12.8. The van der Waals surface area contributed by atoms with Crippen LogP contribution in [0.4, 0.5) is 0 Å². The lowest BCUT2D eigenvalue weighted by Crippen LogP contribution is -2.46. The number of rotatable bonds is 11. The highest BCUT2D eigenvalue weighted by molar-refractivity contribution is 8.13. The average molecular weight is 444 g/mol. The molecule has 1 fully saturated rings. The summed E-state index contributed by atoms with van der Waals surface area (Å²) in [5.41, 5.74) is -1.46. The summed E-state index contributed by atoms with van der Waals surface area (Å²) in [6, 6.07) is -0.638. The van der Waals surface area contributed by atoms with Crippen molar-refractivity contribution in [3.63, 3.8) is 0 Å². The van der Waals surface area contributed by atoms with Crippen LogP contribution in [0.15, 0.2) is 0 Å². The van der Waals surface area contributed by atoms with Gasteiger partial charge in [0.25, 0.3) is 0 Å². The fourth-order valence-electron chi connectivity index (χ4n) is 2.17. The van der Waals surface area contributed by atoms with E-state index in [1.54, 1.807) is 7.85 Å². The van der Waals surface area contributed by atoms with Crippen LogP contribution >= 0.6 is 31.3 Å². The first-order chi connectivity index (χ1) is 12.5. The molecule has 0 spiro atoms. The molecule has 0 saturated carbocycles. The largest absolute Gasteiger partial charge is 0.474 e. The van der Waals surface area contributed by atoms with Crippen LogP contribution in [0.3, 0.4) is 0 Å². The van der Waals surface area contributed by atoms with E-state index in [0.29, 0.717) is 0 Å². The van der Waals surface area contributed by atoms with Crippen LogP contribution in [0.25, 0.3) is 0 Å². The number of aliphatic hydroxyl groups excluding tert-OH is 1. The molecule has 13 heteroatoms. The highest BCUT2D eigenvalue weighted by Gasteiger charge is 2.50. The molecule has 0 aliphatic carbocycles. The quantitative estimate of drug-likeness (QED) is 0.257. The van der Waals surface area contributed by atoms with Gasteiger partial charge in [-0.1, -0.05) is 23.5 Å². The van der Waals surface area contributed by atoms with Crippen LogP contribution in [-0.4, -0.2) is 83.4 Å². The van der Waals surface area contributed by atoms with E-state index in [1.165, 1.54) is 20.8 Å². The fourth-order valence-corrected chi connectivity index (χ4v) is 4.51. The van der Waals surface area contributed by atoms with Gasteiger partial charge in [0.15, 0.2) is 10.2 Å². The topological polar surface area (TPSA) is 129 Å². The Kier molecular flexibility index (Phi) is 10.5. The Hall–Kier alpha value is 0.0949. The highest BCUT2D eigenvalue weighted by atomic mass is 32.2. The molecule has 0 aromatic heterocycles. The van der Waals surface area contributed by atoms with Crippen LogP contribution in [-0.2, 0) is 32.5 Å². The second kappa shape index (κ2) is 11.3. The molecule has 0 unspecified atom stereocenters. The summed E-state index contributed by atoms with van der Waals surface area (Å²) >= 11 is 2.01. The Morgan fingerprint density at radius 1 is 1.15 bits per heavy atom.